The molecule has 0 amide bonds. The Bertz CT molecular complexity index is 2580. The Balaban J connectivity index is 1.25. The van der Waals surface area contributed by atoms with Crippen molar-refractivity contribution in [2.24, 2.45) is 9.98 Å². The SMILES string of the molecule is CN(CC/N=C/c1cc2ccccc2c(-c2c(O)c(/C=N/CCN(C)Cc3cc(C(C)(C)C)cc(C(C)(C)C)c3O)cc3ccccc23)c1O)Cc1cc(C(C)(C)C)cc(C(C)(C)C)c1O. The minimum atomic E-state index is -0.205. The first-order valence-electron chi connectivity index (χ1n) is 23.4. The van der Waals surface area contributed by atoms with E-state index in [9.17, 15) is 20.4 Å². The molecule has 0 bridgehead atoms. The zero-order valence-electron chi connectivity index (χ0n) is 42.1. The maximum absolute atomic E-state index is 12.2. The van der Waals surface area contributed by atoms with Crippen molar-refractivity contribution in [3.05, 3.63) is 129 Å². The summed E-state index contributed by atoms with van der Waals surface area (Å²) in [6.07, 6.45) is 3.44. The molecule has 8 nitrogen and oxygen atoms in total. The first-order chi connectivity index (χ1) is 30.8. The third-order valence-corrected chi connectivity index (χ3v) is 12.6. The van der Waals surface area contributed by atoms with Gasteiger partial charge in [0.2, 0.25) is 0 Å². The average molecular weight is 891 g/mol. The number of benzene rings is 6. The van der Waals surface area contributed by atoms with Crippen LogP contribution in [0, 0.1) is 0 Å². The Morgan fingerprint density at radius 2 is 0.803 bits per heavy atom. The lowest BCUT2D eigenvalue weighted by Gasteiger charge is -2.28. The van der Waals surface area contributed by atoms with E-state index < -0.39 is 0 Å². The molecule has 0 fully saturated rings. The second kappa shape index (κ2) is 19.3. The molecule has 0 aliphatic carbocycles. The van der Waals surface area contributed by atoms with Gasteiger partial charge < -0.3 is 30.2 Å². The molecule has 0 atom stereocenters. The molecule has 0 saturated carbocycles. The predicted molar refractivity (Wildman–Crippen MR) is 279 cm³/mol. The Hall–Kier alpha value is -5.70. The third-order valence-electron chi connectivity index (χ3n) is 12.6. The minimum absolute atomic E-state index is 0.0361. The van der Waals surface area contributed by atoms with E-state index in [0.29, 0.717) is 73.0 Å². The molecule has 0 heterocycles. The van der Waals surface area contributed by atoms with Crippen molar-refractivity contribution in [2.75, 3.05) is 40.3 Å². The molecule has 0 aliphatic heterocycles. The number of phenols is 4. The summed E-state index contributed by atoms with van der Waals surface area (Å²) in [5.74, 6) is 0.773. The van der Waals surface area contributed by atoms with Crippen molar-refractivity contribution >= 4 is 34.0 Å². The maximum atomic E-state index is 12.2. The van der Waals surface area contributed by atoms with E-state index in [4.69, 9.17) is 9.98 Å². The number of aliphatic imine (C=N–C) groups is 2. The van der Waals surface area contributed by atoms with Gasteiger partial charge in [-0.2, -0.15) is 0 Å². The molecule has 0 radical (unpaired) electrons. The minimum Gasteiger partial charge on any atom is -0.507 e. The zero-order valence-corrected chi connectivity index (χ0v) is 42.1. The number of fused-ring (bicyclic) bond motifs is 2. The van der Waals surface area contributed by atoms with Crippen LogP contribution in [0.15, 0.2) is 94.9 Å². The van der Waals surface area contributed by atoms with Gasteiger partial charge in [0.05, 0.1) is 13.1 Å². The highest BCUT2D eigenvalue weighted by molar-refractivity contribution is 6.14. The van der Waals surface area contributed by atoms with Crippen LogP contribution in [-0.2, 0) is 34.7 Å². The third kappa shape index (κ3) is 11.3. The molecule has 8 heteroatoms. The van der Waals surface area contributed by atoms with E-state index in [1.807, 2.05) is 74.8 Å². The zero-order chi connectivity index (χ0) is 48.5. The molecule has 66 heavy (non-hydrogen) atoms. The fourth-order valence-electron chi connectivity index (χ4n) is 8.58. The standard InChI is InChI=1S/C58H74N4O4/c1-55(2,3)43-29-41(51(63)47(31-43)57(7,8)9)35-61(13)25-23-59-33-39-27-37-19-15-17-21-45(37)49(53(39)65)50-46-22-18-16-20-38(46)28-40(54(50)66)34-60-24-26-62(14)36-42-30-44(56(4,5)6)32-48(52(42)64)58(10,11)12/h15-22,27-34,63-66H,23-26,35-36H2,1-14H3/b59-33+,60-34+. The average Bonchev–Trinajstić information content (AvgIpc) is 3.21. The topological polar surface area (TPSA) is 112 Å². The second-order valence-electron chi connectivity index (χ2n) is 22.4. The number of phenolic OH excluding ortho intramolecular Hbond substituents is 4. The van der Waals surface area contributed by atoms with Gasteiger partial charge in [-0.1, -0.05) is 156 Å². The van der Waals surface area contributed by atoms with E-state index in [1.54, 1.807) is 12.4 Å². The largest absolute Gasteiger partial charge is 0.507 e. The predicted octanol–water partition coefficient (Wildman–Crippen LogP) is 12.8. The first-order valence-corrected chi connectivity index (χ1v) is 23.4. The van der Waals surface area contributed by atoms with Crippen LogP contribution < -0.4 is 0 Å². The highest BCUT2D eigenvalue weighted by Crippen LogP contribution is 2.47. The lowest BCUT2D eigenvalue weighted by atomic mass is 9.79. The van der Waals surface area contributed by atoms with Crippen molar-refractivity contribution < 1.29 is 20.4 Å². The Labute approximate surface area is 394 Å². The number of aromatic hydroxyl groups is 4. The molecule has 0 aromatic heterocycles. The van der Waals surface area contributed by atoms with Crippen LogP contribution in [0.25, 0.3) is 32.7 Å². The molecule has 0 aliphatic rings. The maximum Gasteiger partial charge on any atom is 0.132 e. The normalized spacial score (nSPS) is 13.2. The Morgan fingerprint density at radius 1 is 0.455 bits per heavy atom. The molecule has 6 rings (SSSR count). The van der Waals surface area contributed by atoms with Crippen molar-refractivity contribution in [3.8, 4) is 34.1 Å². The summed E-state index contributed by atoms with van der Waals surface area (Å²) < 4.78 is 0. The number of nitrogens with zero attached hydrogens (tertiary/aromatic N) is 4. The number of rotatable bonds is 13. The van der Waals surface area contributed by atoms with Crippen LogP contribution in [0.1, 0.15) is 128 Å². The molecule has 0 unspecified atom stereocenters. The molecule has 350 valence electrons. The Morgan fingerprint density at radius 3 is 1.14 bits per heavy atom. The van der Waals surface area contributed by atoms with Crippen LogP contribution >= 0.6 is 0 Å². The van der Waals surface area contributed by atoms with Gasteiger partial charge in [-0.25, -0.2) is 0 Å². The van der Waals surface area contributed by atoms with E-state index in [-0.39, 0.29) is 33.2 Å². The smallest absolute Gasteiger partial charge is 0.132 e. The number of hydrogen-bond donors (Lipinski definition) is 4. The highest BCUT2D eigenvalue weighted by Gasteiger charge is 2.27. The lowest BCUT2D eigenvalue weighted by molar-refractivity contribution is 0.327. The lowest BCUT2D eigenvalue weighted by Crippen LogP contribution is -2.23. The molecular weight excluding hydrogens is 817 g/mol. The van der Waals surface area contributed by atoms with E-state index in [1.165, 1.54) is 11.1 Å². The summed E-state index contributed by atoms with van der Waals surface area (Å²) in [5, 5.41) is 50.6. The van der Waals surface area contributed by atoms with Gasteiger partial charge in [0.1, 0.15) is 23.0 Å². The quantitative estimate of drug-likeness (QED) is 0.0860. The first kappa shape index (κ1) is 49.7. The molecule has 4 N–H and O–H groups in total. The van der Waals surface area contributed by atoms with Gasteiger partial charge in [0.15, 0.2) is 0 Å². The fraction of sp³-hybridized carbons (Fsp3) is 0.414. The highest BCUT2D eigenvalue weighted by atomic mass is 16.3. The molecular formula is C58H74N4O4. The molecule has 6 aromatic rings. The van der Waals surface area contributed by atoms with Gasteiger partial charge >= 0.3 is 0 Å². The summed E-state index contributed by atoms with van der Waals surface area (Å²) in [5.41, 5.74) is 7.72. The van der Waals surface area contributed by atoms with Crippen molar-refractivity contribution in [3.63, 3.8) is 0 Å². The van der Waals surface area contributed by atoms with Gasteiger partial charge in [0.25, 0.3) is 0 Å². The van der Waals surface area contributed by atoms with Gasteiger partial charge in [-0.15, -0.1) is 0 Å². The van der Waals surface area contributed by atoms with E-state index in [0.717, 1.165) is 43.8 Å². The Kier molecular flexibility index (Phi) is 14.5. The van der Waals surface area contributed by atoms with Crippen molar-refractivity contribution in [1.82, 2.24) is 9.80 Å². The van der Waals surface area contributed by atoms with Crippen LogP contribution in [0.4, 0.5) is 0 Å². The molecule has 0 spiro atoms. The van der Waals surface area contributed by atoms with Crippen LogP contribution in [0.5, 0.6) is 23.0 Å². The summed E-state index contributed by atoms with van der Waals surface area (Å²) in [6, 6.07) is 28.2. The molecule has 6 aromatic carbocycles. The van der Waals surface area contributed by atoms with Crippen molar-refractivity contribution in [2.45, 2.75) is 118 Å². The van der Waals surface area contributed by atoms with Crippen molar-refractivity contribution in [1.29, 1.82) is 0 Å². The van der Waals surface area contributed by atoms with E-state index in [2.05, 4.69) is 117 Å². The number of hydrogen-bond acceptors (Lipinski definition) is 8. The summed E-state index contributed by atoms with van der Waals surface area (Å²) >= 11 is 0. The van der Waals surface area contributed by atoms with E-state index >= 15 is 0 Å². The fourth-order valence-corrected chi connectivity index (χ4v) is 8.58. The van der Waals surface area contributed by atoms with Gasteiger partial charge in [0, 0.05) is 72.0 Å². The summed E-state index contributed by atoms with van der Waals surface area (Å²) in [4.78, 5) is 13.9. The van der Waals surface area contributed by atoms with Crippen LogP contribution in [0.2, 0.25) is 0 Å². The van der Waals surface area contributed by atoms with Gasteiger partial charge in [-0.05, 0) is 91.7 Å². The van der Waals surface area contributed by atoms with Crippen LogP contribution in [-0.4, -0.2) is 82.9 Å². The van der Waals surface area contributed by atoms with Gasteiger partial charge in [-0.3, -0.25) is 9.98 Å². The van der Waals surface area contributed by atoms with Crippen LogP contribution in [0.3, 0.4) is 0 Å². The second-order valence-corrected chi connectivity index (χ2v) is 22.4. The monoisotopic (exact) mass is 891 g/mol. The summed E-state index contributed by atoms with van der Waals surface area (Å²) in [6.45, 7) is 29.3. The summed E-state index contributed by atoms with van der Waals surface area (Å²) in [7, 11) is 4.06. The molecule has 0 saturated heterocycles. The number of likely N-dealkylation sites (N-methyl/N-ethyl adjacent to an activating group) is 2.